The van der Waals surface area contributed by atoms with Gasteiger partial charge in [0.2, 0.25) is 23.6 Å². The first-order valence-corrected chi connectivity index (χ1v) is 6.54. The van der Waals surface area contributed by atoms with Crippen LogP contribution in [0.5, 0.6) is 0 Å². The van der Waals surface area contributed by atoms with E-state index >= 15 is 0 Å². The Morgan fingerprint density at radius 1 is 0.762 bits per heavy atom. The van der Waals surface area contributed by atoms with Crippen molar-refractivity contribution in [3.63, 3.8) is 0 Å². The van der Waals surface area contributed by atoms with Gasteiger partial charge in [-0.3, -0.25) is 19.2 Å². The van der Waals surface area contributed by atoms with Crippen LogP contribution in [0.1, 0.15) is 26.7 Å². The molecule has 0 bridgehead atoms. The Morgan fingerprint density at radius 3 is 1.43 bits per heavy atom. The maximum atomic E-state index is 11.6. The Kier molecular flexibility index (Phi) is 8.82. The molecule has 1 saturated heterocycles. The predicted molar refractivity (Wildman–Crippen MR) is 70.5 cm³/mol. The number of nitrogens with one attached hydrogen (secondary N) is 4. The van der Waals surface area contributed by atoms with Crippen molar-refractivity contribution >= 4 is 23.6 Å². The average molecular weight is 391 g/mol. The van der Waals surface area contributed by atoms with Crippen molar-refractivity contribution in [2.45, 2.75) is 38.8 Å². The van der Waals surface area contributed by atoms with Gasteiger partial charge < -0.3 is 21.3 Å². The molecule has 4 N–H and O–H groups in total. The van der Waals surface area contributed by atoms with Crippen molar-refractivity contribution in [1.29, 1.82) is 0 Å². The third kappa shape index (κ3) is 7.20. The topological polar surface area (TPSA) is 116 Å². The fraction of sp³-hybridized carbons (Fsp3) is 0.667. The fourth-order valence-electron chi connectivity index (χ4n) is 1.66. The Bertz CT molecular complexity index is 378. The van der Waals surface area contributed by atoms with E-state index in [1.54, 1.807) is 13.8 Å². The molecule has 0 aliphatic carbocycles. The molecule has 0 aromatic heterocycles. The Morgan fingerprint density at radius 2 is 1.10 bits per heavy atom. The Balaban J connectivity index is 0.00000400. The molecule has 1 aliphatic rings. The van der Waals surface area contributed by atoms with Gasteiger partial charge in [-0.15, -0.1) is 0 Å². The smallest absolute Gasteiger partial charge is 0.242 e. The molecule has 21 heavy (non-hydrogen) atoms. The van der Waals surface area contributed by atoms with Gasteiger partial charge >= 0.3 is 0 Å². The van der Waals surface area contributed by atoms with Crippen LogP contribution in [0, 0.1) is 0 Å². The zero-order chi connectivity index (χ0) is 15.1. The molecular formula is C12H20N4O4Pd. The summed E-state index contributed by atoms with van der Waals surface area (Å²) in [5.41, 5.74) is 0. The summed E-state index contributed by atoms with van der Waals surface area (Å²) in [5, 5.41) is 10.1. The van der Waals surface area contributed by atoms with Crippen LogP contribution in [0.2, 0.25) is 0 Å². The minimum absolute atomic E-state index is 0. The van der Waals surface area contributed by atoms with Crippen LogP contribution in [-0.2, 0) is 39.6 Å². The summed E-state index contributed by atoms with van der Waals surface area (Å²) in [4.78, 5) is 46.3. The van der Waals surface area contributed by atoms with Gasteiger partial charge in [0, 0.05) is 46.4 Å². The molecule has 1 fully saturated rings. The van der Waals surface area contributed by atoms with Gasteiger partial charge in [-0.1, -0.05) is 0 Å². The summed E-state index contributed by atoms with van der Waals surface area (Å²) in [7, 11) is 0. The van der Waals surface area contributed by atoms with E-state index in [0.29, 0.717) is 0 Å². The van der Waals surface area contributed by atoms with Crippen molar-refractivity contribution in [3.8, 4) is 0 Å². The SMILES string of the molecule is CC1NC(=O)CCNC(=O)C(C)NC(=O)CCNC1=O.[Pd]. The quantitative estimate of drug-likeness (QED) is 0.359. The van der Waals surface area contributed by atoms with Gasteiger partial charge in [0.05, 0.1) is 0 Å². The number of hydrogen-bond donors (Lipinski definition) is 4. The number of hydrogen-bond acceptors (Lipinski definition) is 4. The molecule has 122 valence electrons. The maximum Gasteiger partial charge on any atom is 0.242 e. The minimum atomic E-state index is -0.678. The molecule has 0 radical (unpaired) electrons. The van der Waals surface area contributed by atoms with E-state index in [2.05, 4.69) is 21.3 Å². The number of rotatable bonds is 0. The van der Waals surface area contributed by atoms with E-state index in [-0.39, 0.29) is 70.0 Å². The van der Waals surface area contributed by atoms with Gasteiger partial charge in [0.1, 0.15) is 12.1 Å². The van der Waals surface area contributed by atoms with Crippen LogP contribution in [0.25, 0.3) is 0 Å². The summed E-state index contributed by atoms with van der Waals surface area (Å²) in [6, 6.07) is -1.36. The maximum absolute atomic E-state index is 11.6. The Hall–Kier alpha value is -1.46. The van der Waals surface area contributed by atoms with Crippen molar-refractivity contribution in [2.24, 2.45) is 0 Å². The molecule has 9 heteroatoms. The molecule has 0 saturated carbocycles. The van der Waals surface area contributed by atoms with Gasteiger partial charge in [-0.25, -0.2) is 0 Å². The Labute approximate surface area is 136 Å². The number of carbonyl (C=O) groups excluding carboxylic acids is 4. The first kappa shape index (κ1) is 19.5. The van der Waals surface area contributed by atoms with Crippen LogP contribution in [0.4, 0.5) is 0 Å². The summed E-state index contributed by atoms with van der Waals surface area (Å²) >= 11 is 0. The van der Waals surface area contributed by atoms with Crippen molar-refractivity contribution < 1.29 is 39.6 Å². The van der Waals surface area contributed by atoms with Gasteiger partial charge in [-0.05, 0) is 13.8 Å². The summed E-state index contributed by atoms with van der Waals surface area (Å²) in [6.45, 7) is 3.41. The first-order chi connectivity index (χ1) is 9.40. The van der Waals surface area contributed by atoms with Crippen LogP contribution >= 0.6 is 0 Å². The largest absolute Gasteiger partial charge is 0.354 e. The van der Waals surface area contributed by atoms with Crippen LogP contribution in [0.3, 0.4) is 0 Å². The van der Waals surface area contributed by atoms with E-state index in [0.717, 1.165) is 0 Å². The third-order valence-corrected chi connectivity index (χ3v) is 2.84. The van der Waals surface area contributed by atoms with E-state index in [9.17, 15) is 19.2 Å². The van der Waals surface area contributed by atoms with E-state index in [1.807, 2.05) is 0 Å². The van der Waals surface area contributed by atoms with Gasteiger partial charge in [0.15, 0.2) is 0 Å². The standard InChI is InChI=1S/C12H20N4O4.Pd/c1-7-11(19)13-5-4-10(18)16-8(2)12(20)14-6-3-9(17)15-7;/h7-8H,3-6H2,1-2H3,(H,13,19)(H,14,20)(H,15,17)(H,16,18);. The van der Waals surface area contributed by atoms with Gasteiger partial charge in [0.25, 0.3) is 0 Å². The molecule has 1 aliphatic heterocycles. The molecule has 0 aromatic rings. The van der Waals surface area contributed by atoms with E-state index in [4.69, 9.17) is 0 Å². The summed E-state index contributed by atoms with van der Waals surface area (Å²) in [5.74, 6) is -1.33. The molecule has 2 unspecified atom stereocenters. The second-order valence-electron chi connectivity index (χ2n) is 4.66. The van der Waals surface area contributed by atoms with Gasteiger partial charge in [-0.2, -0.15) is 0 Å². The normalized spacial score (nSPS) is 25.4. The fourth-order valence-corrected chi connectivity index (χ4v) is 1.66. The zero-order valence-corrected chi connectivity index (χ0v) is 13.5. The second-order valence-corrected chi connectivity index (χ2v) is 4.66. The molecular weight excluding hydrogens is 371 g/mol. The minimum Gasteiger partial charge on any atom is -0.354 e. The molecule has 4 amide bonds. The second kappa shape index (κ2) is 9.47. The predicted octanol–water partition coefficient (Wildman–Crippen LogP) is -1.98. The van der Waals surface area contributed by atoms with Crippen LogP contribution in [0.15, 0.2) is 0 Å². The van der Waals surface area contributed by atoms with Crippen molar-refractivity contribution in [3.05, 3.63) is 0 Å². The molecule has 1 rings (SSSR count). The van der Waals surface area contributed by atoms with E-state index < -0.39 is 12.1 Å². The molecule has 8 nitrogen and oxygen atoms in total. The zero-order valence-electron chi connectivity index (χ0n) is 11.9. The molecule has 0 spiro atoms. The van der Waals surface area contributed by atoms with E-state index in [1.165, 1.54) is 0 Å². The monoisotopic (exact) mass is 390 g/mol. The van der Waals surface area contributed by atoms with Crippen molar-refractivity contribution in [1.82, 2.24) is 21.3 Å². The number of amides is 4. The molecule has 0 aromatic carbocycles. The van der Waals surface area contributed by atoms with Crippen molar-refractivity contribution in [2.75, 3.05) is 13.1 Å². The number of carbonyl (C=O) groups is 4. The van der Waals surface area contributed by atoms with Crippen LogP contribution in [-0.4, -0.2) is 48.8 Å². The average Bonchev–Trinajstić information content (AvgIpc) is 2.37. The van der Waals surface area contributed by atoms with Crippen LogP contribution < -0.4 is 21.3 Å². The third-order valence-electron chi connectivity index (χ3n) is 2.84. The molecule has 1 heterocycles. The summed E-state index contributed by atoms with van der Waals surface area (Å²) in [6.07, 6.45) is 0.147. The summed E-state index contributed by atoms with van der Waals surface area (Å²) < 4.78 is 0. The molecule has 2 atom stereocenters. The first-order valence-electron chi connectivity index (χ1n) is 6.54.